The molecule has 3 nitrogen and oxygen atoms in total. The van der Waals surface area contributed by atoms with Gasteiger partial charge in [-0.05, 0) is 52.0 Å². The molecule has 0 aromatic rings. The summed E-state index contributed by atoms with van der Waals surface area (Å²) in [5.74, 6) is 1.40. The smallest absolute Gasteiger partial charge is 0.104 e. The molecule has 0 fully saturated rings. The fraction of sp³-hybridized carbons (Fsp3) is 0.941. The third-order valence-corrected chi connectivity index (χ3v) is 3.25. The Labute approximate surface area is 126 Å². The molecule has 0 aromatic carbocycles. The van der Waals surface area contributed by atoms with Crippen LogP contribution in [0.25, 0.3) is 0 Å². The quantitative estimate of drug-likeness (QED) is 0.664. The van der Waals surface area contributed by atoms with Crippen molar-refractivity contribution in [3.63, 3.8) is 0 Å². The monoisotopic (exact) mass is 281 g/mol. The van der Waals surface area contributed by atoms with Crippen molar-refractivity contribution in [1.82, 2.24) is 10.2 Å². The van der Waals surface area contributed by atoms with E-state index in [0.717, 1.165) is 32.5 Å². The van der Waals surface area contributed by atoms with E-state index in [2.05, 4.69) is 57.8 Å². The van der Waals surface area contributed by atoms with Gasteiger partial charge in [0, 0.05) is 19.1 Å². The molecule has 0 aliphatic heterocycles. The molecule has 0 saturated heterocycles. The van der Waals surface area contributed by atoms with Gasteiger partial charge in [0.2, 0.25) is 0 Å². The van der Waals surface area contributed by atoms with Gasteiger partial charge in [0.15, 0.2) is 0 Å². The second kappa shape index (κ2) is 9.37. The molecule has 0 amide bonds. The van der Waals surface area contributed by atoms with E-state index in [9.17, 15) is 5.26 Å². The molecule has 0 aliphatic carbocycles. The molecule has 0 heterocycles. The predicted octanol–water partition coefficient (Wildman–Crippen LogP) is 3.66. The zero-order chi connectivity index (χ0) is 15.8. The predicted molar refractivity (Wildman–Crippen MR) is 87.6 cm³/mol. The summed E-state index contributed by atoms with van der Waals surface area (Å²) >= 11 is 0. The minimum atomic E-state index is -0.393. The van der Waals surface area contributed by atoms with Crippen molar-refractivity contribution in [1.29, 1.82) is 5.26 Å². The highest BCUT2D eigenvalue weighted by molar-refractivity contribution is 5.04. The number of nitrogens with zero attached hydrogens (tertiary/aromatic N) is 2. The number of nitriles is 1. The van der Waals surface area contributed by atoms with Crippen molar-refractivity contribution in [3.8, 4) is 6.07 Å². The van der Waals surface area contributed by atoms with E-state index in [1.807, 2.05) is 6.92 Å². The van der Waals surface area contributed by atoms with Gasteiger partial charge in [-0.3, -0.25) is 5.32 Å². The summed E-state index contributed by atoms with van der Waals surface area (Å²) in [5.41, 5.74) is -0.393. The minimum Gasteiger partial charge on any atom is -0.303 e. The first-order valence-electron chi connectivity index (χ1n) is 8.10. The van der Waals surface area contributed by atoms with E-state index in [0.29, 0.717) is 17.9 Å². The summed E-state index contributed by atoms with van der Waals surface area (Å²) in [6, 6.07) is 2.78. The number of hydrogen-bond donors (Lipinski definition) is 1. The normalized spacial score (nSPS) is 15.1. The molecule has 0 aromatic heterocycles. The van der Waals surface area contributed by atoms with E-state index in [1.54, 1.807) is 0 Å². The second-order valence-electron chi connectivity index (χ2n) is 7.39. The van der Waals surface area contributed by atoms with Crippen molar-refractivity contribution in [2.24, 2.45) is 11.8 Å². The van der Waals surface area contributed by atoms with Crippen molar-refractivity contribution >= 4 is 0 Å². The van der Waals surface area contributed by atoms with Crippen LogP contribution in [0.15, 0.2) is 0 Å². The maximum Gasteiger partial charge on any atom is 0.104 e. The van der Waals surface area contributed by atoms with Gasteiger partial charge in [-0.15, -0.1) is 0 Å². The van der Waals surface area contributed by atoms with E-state index in [4.69, 9.17) is 0 Å². The average Bonchev–Trinajstić information content (AvgIpc) is 2.26. The fourth-order valence-corrected chi connectivity index (χ4v) is 2.74. The van der Waals surface area contributed by atoms with Gasteiger partial charge in [0.1, 0.15) is 5.54 Å². The molecule has 0 saturated carbocycles. The van der Waals surface area contributed by atoms with Crippen LogP contribution in [0.5, 0.6) is 0 Å². The van der Waals surface area contributed by atoms with Crippen molar-refractivity contribution < 1.29 is 0 Å². The average molecular weight is 281 g/mol. The summed E-state index contributed by atoms with van der Waals surface area (Å²) in [4.78, 5) is 2.54. The van der Waals surface area contributed by atoms with Gasteiger partial charge in [0.25, 0.3) is 0 Å². The van der Waals surface area contributed by atoms with E-state index in [1.165, 1.54) is 0 Å². The molecule has 118 valence electrons. The molecule has 1 unspecified atom stereocenters. The highest BCUT2D eigenvalue weighted by Crippen LogP contribution is 2.14. The fourth-order valence-electron chi connectivity index (χ4n) is 2.74. The molecule has 1 N–H and O–H groups in total. The lowest BCUT2D eigenvalue weighted by molar-refractivity contribution is 0.208. The van der Waals surface area contributed by atoms with Gasteiger partial charge in [0.05, 0.1) is 6.07 Å². The summed E-state index contributed by atoms with van der Waals surface area (Å²) in [7, 11) is 0. The standard InChI is InChI=1S/C17H35N3/c1-14(2)11-20(12-15(3)4)10-8-9-17(7,13-18)19-16(5)6/h14-16,19H,8-12H2,1-7H3. The Balaban J connectivity index is 4.30. The van der Waals surface area contributed by atoms with Gasteiger partial charge >= 0.3 is 0 Å². The largest absolute Gasteiger partial charge is 0.303 e. The van der Waals surface area contributed by atoms with Crippen LogP contribution in [-0.2, 0) is 0 Å². The maximum atomic E-state index is 9.36. The third-order valence-electron chi connectivity index (χ3n) is 3.25. The molecule has 0 rings (SSSR count). The zero-order valence-corrected chi connectivity index (χ0v) is 14.7. The Kier molecular flexibility index (Phi) is 9.09. The summed E-state index contributed by atoms with van der Waals surface area (Å²) in [6.07, 6.45) is 1.98. The van der Waals surface area contributed by atoms with Crippen LogP contribution in [0.4, 0.5) is 0 Å². The third kappa shape index (κ3) is 9.34. The van der Waals surface area contributed by atoms with E-state index in [-0.39, 0.29) is 0 Å². The molecule has 0 spiro atoms. The van der Waals surface area contributed by atoms with Crippen LogP contribution in [0, 0.1) is 23.2 Å². The molecular weight excluding hydrogens is 246 g/mol. The summed E-state index contributed by atoms with van der Waals surface area (Å²) in [5, 5.41) is 12.7. The van der Waals surface area contributed by atoms with Gasteiger partial charge in [-0.25, -0.2) is 0 Å². The Morgan fingerprint density at radius 1 is 1.05 bits per heavy atom. The molecule has 3 heteroatoms. The van der Waals surface area contributed by atoms with Crippen LogP contribution in [0.1, 0.15) is 61.3 Å². The van der Waals surface area contributed by atoms with Gasteiger partial charge in [-0.2, -0.15) is 5.26 Å². The van der Waals surface area contributed by atoms with Crippen molar-refractivity contribution in [2.45, 2.75) is 72.9 Å². The summed E-state index contributed by atoms with van der Waals surface area (Å²) < 4.78 is 0. The maximum absolute atomic E-state index is 9.36. The van der Waals surface area contributed by atoms with E-state index >= 15 is 0 Å². The molecule has 0 aliphatic rings. The lowest BCUT2D eigenvalue weighted by Gasteiger charge is -2.29. The van der Waals surface area contributed by atoms with Crippen molar-refractivity contribution in [3.05, 3.63) is 0 Å². The van der Waals surface area contributed by atoms with Gasteiger partial charge < -0.3 is 4.90 Å². The van der Waals surface area contributed by atoms with Crippen molar-refractivity contribution in [2.75, 3.05) is 19.6 Å². The first kappa shape index (κ1) is 19.4. The lowest BCUT2D eigenvalue weighted by atomic mass is 9.96. The SMILES string of the molecule is CC(C)CN(CCCC(C)(C#N)NC(C)C)CC(C)C. The molecule has 20 heavy (non-hydrogen) atoms. The lowest BCUT2D eigenvalue weighted by Crippen LogP contribution is -2.45. The topological polar surface area (TPSA) is 39.1 Å². The van der Waals surface area contributed by atoms with Crippen LogP contribution in [0.2, 0.25) is 0 Å². The molecule has 0 radical (unpaired) electrons. The Morgan fingerprint density at radius 3 is 1.90 bits per heavy atom. The highest BCUT2D eigenvalue weighted by atomic mass is 15.1. The molecular formula is C17H35N3. The van der Waals surface area contributed by atoms with Crippen LogP contribution >= 0.6 is 0 Å². The second-order valence-corrected chi connectivity index (χ2v) is 7.39. The molecule has 1 atom stereocenters. The first-order valence-corrected chi connectivity index (χ1v) is 8.10. The minimum absolute atomic E-state index is 0.349. The summed E-state index contributed by atoms with van der Waals surface area (Å²) in [6.45, 7) is 18.7. The van der Waals surface area contributed by atoms with E-state index < -0.39 is 5.54 Å². The Hall–Kier alpha value is -0.590. The number of rotatable bonds is 10. The van der Waals surface area contributed by atoms with Gasteiger partial charge in [-0.1, -0.05) is 27.7 Å². The Bertz CT molecular complexity index is 281. The zero-order valence-electron chi connectivity index (χ0n) is 14.7. The first-order chi connectivity index (χ1) is 9.18. The molecule has 0 bridgehead atoms. The van der Waals surface area contributed by atoms with Crippen LogP contribution < -0.4 is 5.32 Å². The Morgan fingerprint density at radius 2 is 1.55 bits per heavy atom. The number of hydrogen-bond acceptors (Lipinski definition) is 3. The van der Waals surface area contributed by atoms with Crippen LogP contribution in [0.3, 0.4) is 0 Å². The van der Waals surface area contributed by atoms with Crippen LogP contribution in [-0.4, -0.2) is 36.1 Å². The number of nitrogens with one attached hydrogen (secondary N) is 1. The highest BCUT2D eigenvalue weighted by Gasteiger charge is 2.24.